The van der Waals surface area contributed by atoms with Gasteiger partial charge in [0.15, 0.2) is 0 Å². The summed E-state index contributed by atoms with van der Waals surface area (Å²) in [6.07, 6.45) is 0.265. The fraction of sp³-hybridized carbons (Fsp3) is 0.500. The van der Waals surface area contributed by atoms with Gasteiger partial charge in [0.25, 0.3) is 0 Å². The maximum atomic E-state index is 13.9. The molecule has 0 amide bonds. The minimum absolute atomic E-state index is 0.265. The molecule has 0 aliphatic heterocycles. The van der Waals surface area contributed by atoms with Crippen molar-refractivity contribution in [2.45, 2.75) is 33.2 Å². The Morgan fingerprint density at radius 2 is 2.15 bits per heavy atom. The third-order valence-corrected chi connectivity index (χ3v) is 4.19. The lowest BCUT2D eigenvalue weighted by molar-refractivity contribution is -0.154. The third-order valence-electron chi connectivity index (χ3n) is 3.00. The second-order valence-corrected chi connectivity index (χ2v) is 6.46. The Morgan fingerprint density at radius 1 is 1.55 bits per heavy atom. The van der Waals surface area contributed by atoms with Gasteiger partial charge >= 0.3 is 5.97 Å². The van der Waals surface area contributed by atoms with Crippen LogP contribution in [0.15, 0.2) is 16.6 Å². The molecule has 0 aliphatic rings. The zero-order valence-corrected chi connectivity index (χ0v) is 14.0. The number of benzene rings is 1. The molecule has 1 unspecified atom stereocenters. The Bertz CT molecular complexity index is 508. The van der Waals surface area contributed by atoms with Crippen LogP contribution in [0.2, 0.25) is 5.02 Å². The van der Waals surface area contributed by atoms with E-state index in [9.17, 15) is 9.18 Å². The second kappa shape index (κ2) is 6.87. The molecule has 0 aliphatic carbocycles. The molecule has 1 aromatic carbocycles. The van der Waals surface area contributed by atoms with Crippen molar-refractivity contribution in [3.8, 4) is 0 Å². The zero-order chi connectivity index (χ0) is 15.5. The summed E-state index contributed by atoms with van der Waals surface area (Å²) < 4.78 is 19.4. The molecule has 0 fully saturated rings. The van der Waals surface area contributed by atoms with Gasteiger partial charge in [-0.05, 0) is 55.3 Å². The first-order valence-corrected chi connectivity index (χ1v) is 7.43. The van der Waals surface area contributed by atoms with E-state index in [0.717, 1.165) is 0 Å². The van der Waals surface area contributed by atoms with Crippen LogP contribution >= 0.6 is 27.5 Å². The summed E-state index contributed by atoms with van der Waals surface area (Å²) in [6, 6.07) is 2.11. The summed E-state index contributed by atoms with van der Waals surface area (Å²) in [6.45, 7) is 5.49. The largest absolute Gasteiger partial charge is 0.466 e. The number of halogens is 3. The van der Waals surface area contributed by atoms with Crippen LogP contribution in [0.4, 0.5) is 4.39 Å². The van der Waals surface area contributed by atoms with E-state index in [1.165, 1.54) is 12.1 Å². The van der Waals surface area contributed by atoms with E-state index in [0.29, 0.717) is 16.1 Å². The number of carbonyl (C=O) groups is 1. The van der Waals surface area contributed by atoms with Crippen LogP contribution in [0.1, 0.15) is 38.8 Å². The van der Waals surface area contributed by atoms with E-state index in [2.05, 4.69) is 15.9 Å². The highest BCUT2D eigenvalue weighted by atomic mass is 79.9. The Hall–Kier alpha value is -0.650. The Balaban J connectivity index is 2.94. The minimum Gasteiger partial charge on any atom is -0.466 e. The first kappa shape index (κ1) is 17.4. The lowest BCUT2D eigenvalue weighted by Gasteiger charge is -2.26. The van der Waals surface area contributed by atoms with E-state index in [1.54, 1.807) is 20.8 Å². The van der Waals surface area contributed by atoms with Crippen molar-refractivity contribution in [3.63, 3.8) is 0 Å². The summed E-state index contributed by atoms with van der Waals surface area (Å²) in [7, 11) is 0. The molecule has 0 radical (unpaired) electrons. The van der Waals surface area contributed by atoms with Gasteiger partial charge in [-0.3, -0.25) is 4.79 Å². The van der Waals surface area contributed by atoms with Crippen molar-refractivity contribution >= 4 is 33.5 Å². The van der Waals surface area contributed by atoms with E-state index in [-0.39, 0.29) is 18.0 Å². The number of carbonyl (C=O) groups excluding carboxylic acids is 1. The van der Waals surface area contributed by atoms with Gasteiger partial charge in [0.2, 0.25) is 0 Å². The highest BCUT2D eigenvalue weighted by Crippen LogP contribution is 2.34. The lowest BCUT2D eigenvalue weighted by Crippen LogP contribution is -2.31. The summed E-state index contributed by atoms with van der Waals surface area (Å²) in [4.78, 5) is 11.8. The van der Waals surface area contributed by atoms with Crippen LogP contribution < -0.4 is 5.73 Å². The molecule has 1 aromatic rings. The van der Waals surface area contributed by atoms with E-state index >= 15 is 0 Å². The number of esters is 1. The Labute approximate surface area is 131 Å². The number of hydrogen-bond donors (Lipinski definition) is 1. The van der Waals surface area contributed by atoms with Crippen molar-refractivity contribution in [1.82, 2.24) is 0 Å². The molecule has 0 aromatic heterocycles. The van der Waals surface area contributed by atoms with E-state index in [4.69, 9.17) is 22.1 Å². The van der Waals surface area contributed by atoms with Crippen LogP contribution in [0.3, 0.4) is 0 Å². The fourth-order valence-electron chi connectivity index (χ4n) is 1.89. The smallest absolute Gasteiger partial charge is 0.311 e. The van der Waals surface area contributed by atoms with Crippen LogP contribution in [-0.4, -0.2) is 12.6 Å². The summed E-state index contributed by atoms with van der Waals surface area (Å²) in [5, 5.41) is 0.380. The van der Waals surface area contributed by atoms with Gasteiger partial charge in [0.05, 0.1) is 17.0 Å². The Kier molecular flexibility index (Phi) is 5.98. The highest BCUT2D eigenvalue weighted by Gasteiger charge is 2.32. The van der Waals surface area contributed by atoms with Crippen LogP contribution in [0.25, 0.3) is 0 Å². The topological polar surface area (TPSA) is 52.3 Å². The van der Waals surface area contributed by atoms with Crippen molar-refractivity contribution in [2.75, 3.05) is 6.61 Å². The van der Waals surface area contributed by atoms with Gasteiger partial charge in [-0.15, -0.1) is 0 Å². The van der Waals surface area contributed by atoms with Gasteiger partial charge in [-0.25, -0.2) is 4.39 Å². The van der Waals surface area contributed by atoms with Crippen molar-refractivity contribution in [3.05, 3.63) is 33.0 Å². The monoisotopic (exact) mass is 365 g/mol. The van der Waals surface area contributed by atoms with Gasteiger partial charge in [-0.2, -0.15) is 0 Å². The molecular weight excluding hydrogens is 349 g/mol. The first-order chi connectivity index (χ1) is 9.19. The van der Waals surface area contributed by atoms with Crippen LogP contribution in [0.5, 0.6) is 0 Å². The predicted octanol–water partition coefficient (Wildman–Crippen LogP) is 4.22. The molecule has 2 N–H and O–H groups in total. The van der Waals surface area contributed by atoms with Gasteiger partial charge in [0, 0.05) is 16.1 Å². The normalized spacial score (nSPS) is 13.2. The number of ether oxygens (including phenoxy) is 1. The summed E-state index contributed by atoms with van der Waals surface area (Å²) in [5.41, 5.74) is 5.51. The molecule has 1 atom stereocenters. The van der Waals surface area contributed by atoms with E-state index in [1.807, 2.05) is 0 Å². The average molecular weight is 367 g/mol. The molecule has 0 heterocycles. The molecule has 3 nitrogen and oxygen atoms in total. The number of nitrogens with two attached hydrogens (primary N) is 1. The zero-order valence-electron chi connectivity index (χ0n) is 11.7. The molecule has 0 bridgehead atoms. The predicted molar refractivity (Wildman–Crippen MR) is 81.1 cm³/mol. The molecule has 0 saturated carbocycles. The van der Waals surface area contributed by atoms with Crippen molar-refractivity contribution in [1.29, 1.82) is 0 Å². The fourth-order valence-corrected chi connectivity index (χ4v) is 2.38. The number of rotatable bonds is 5. The molecular formula is C14H18BrClFNO2. The quantitative estimate of drug-likeness (QED) is 0.627. The van der Waals surface area contributed by atoms with Crippen LogP contribution in [-0.2, 0) is 9.53 Å². The maximum Gasteiger partial charge on any atom is 0.311 e. The van der Waals surface area contributed by atoms with Gasteiger partial charge in [0.1, 0.15) is 5.82 Å². The number of hydrogen-bond acceptors (Lipinski definition) is 3. The highest BCUT2D eigenvalue weighted by molar-refractivity contribution is 9.10. The molecule has 1 rings (SSSR count). The molecule has 0 saturated heterocycles. The van der Waals surface area contributed by atoms with Crippen molar-refractivity contribution in [2.24, 2.45) is 11.1 Å². The maximum absolute atomic E-state index is 13.9. The molecule has 20 heavy (non-hydrogen) atoms. The van der Waals surface area contributed by atoms with Crippen LogP contribution in [0, 0.1) is 11.2 Å². The van der Waals surface area contributed by atoms with Gasteiger partial charge in [-0.1, -0.05) is 11.6 Å². The lowest BCUT2D eigenvalue weighted by atomic mass is 9.83. The van der Waals surface area contributed by atoms with Crippen molar-refractivity contribution < 1.29 is 13.9 Å². The SMILES string of the molecule is CCOC(=O)C(C)(C)CC(N)c1cc(Cl)c(Br)cc1F. The van der Waals surface area contributed by atoms with E-state index < -0.39 is 17.3 Å². The Morgan fingerprint density at radius 3 is 2.70 bits per heavy atom. The summed E-state index contributed by atoms with van der Waals surface area (Å²) in [5.74, 6) is -0.799. The summed E-state index contributed by atoms with van der Waals surface area (Å²) >= 11 is 9.10. The first-order valence-electron chi connectivity index (χ1n) is 6.26. The second-order valence-electron chi connectivity index (χ2n) is 5.20. The van der Waals surface area contributed by atoms with Gasteiger partial charge < -0.3 is 10.5 Å². The molecule has 0 spiro atoms. The molecule has 112 valence electrons. The standard InChI is InChI=1S/C14H18BrClFNO2/c1-4-20-13(19)14(2,3)7-12(18)8-5-10(16)9(15)6-11(8)17/h5-6,12H,4,7,18H2,1-3H3. The third kappa shape index (κ3) is 4.17. The average Bonchev–Trinajstić information content (AvgIpc) is 2.33. The molecule has 6 heteroatoms. The minimum atomic E-state index is -0.790.